The molecular formula is C25H23N3O5S. The van der Waals surface area contributed by atoms with Crippen molar-refractivity contribution in [2.24, 2.45) is 0 Å². The summed E-state index contributed by atoms with van der Waals surface area (Å²) in [6.45, 7) is 1.93. The second kappa shape index (κ2) is 9.38. The summed E-state index contributed by atoms with van der Waals surface area (Å²) in [6.07, 6.45) is 5.60. The lowest BCUT2D eigenvalue weighted by Gasteiger charge is -2.11. The van der Waals surface area contributed by atoms with Gasteiger partial charge in [0.25, 0.3) is 5.91 Å². The number of anilines is 1. The molecule has 2 heterocycles. The van der Waals surface area contributed by atoms with E-state index in [1.165, 1.54) is 7.11 Å². The molecule has 174 valence electrons. The van der Waals surface area contributed by atoms with Gasteiger partial charge in [0, 0.05) is 39.7 Å². The van der Waals surface area contributed by atoms with Crippen molar-refractivity contribution in [3.63, 3.8) is 0 Å². The first-order valence-electron chi connectivity index (χ1n) is 10.8. The van der Waals surface area contributed by atoms with Gasteiger partial charge in [-0.2, -0.15) is 4.33 Å². The molecule has 5 rings (SSSR count). The number of amides is 1. The molecule has 1 aliphatic carbocycles. The number of rotatable bonds is 8. The lowest BCUT2D eigenvalue weighted by molar-refractivity contribution is -0.160. The number of aromatic hydroxyl groups is 1. The van der Waals surface area contributed by atoms with E-state index in [9.17, 15) is 9.90 Å². The molecule has 0 saturated heterocycles. The Bertz CT molecular complexity index is 1330. The van der Waals surface area contributed by atoms with Crippen LogP contribution in [0.1, 0.15) is 34.8 Å². The summed E-state index contributed by atoms with van der Waals surface area (Å²) in [5.41, 5.74) is 1.36. The largest absolute Gasteiger partial charge is 0.494 e. The maximum atomic E-state index is 13.0. The van der Waals surface area contributed by atoms with Crippen LogP contribution in [0.5, 0.6) is 17.4 Å². The van der Waals surface area contributed by atoms with Crippen molar-refractivity contribution in [2.45, 2.75) is 30.7 Å². The third kappa shape index (κ3) is 4.72. The molecule has 2 aromatic carbocycles. The molecule has 4 aromatic rings. The lowest BCUT2D eigenvalue weighted by Crippen LogP contribution is -2.13. The topological polar surface area (TPSA) is 94.8 Å². The molecule has 0 bridgehead atoms. The molecule has 0 unspecified atom stereocenters. The fourth-order valence-electron chi connectivity index (χ4n) is 3.62. The van der Waals surface area contributed by atoms with Gasteiger partial charge in [0.05, 0.1) is 19.2 Å². The molecule has 1 saturated carbocycles. The van der Waals surface area contributed by atoms with Gasteiger partial charge >= 0.3 is 0 Å². The SMILES string of the molecule is COOSc1ccc(Oc2cc(C(=O)Nc3ccc(C)cn3)cc3c(O)n(C4CC4)cc23)cc1. The highest BCUT2D eigenvalue weighted by molar-refractivity contribution is 7.94. The minimum atomic E-state index is -0.342. The number of nitrogens with zero attached hydrogens (tertiary/aromatic N) is 2. The number of carbonyl (C=O) groups is 1. The smallest absolute Gasteiger partial charge is 0.256 e. The Morgan fingerprint density at radius 2 is 1.94 bits per heavy atom. The zero-order valence-electron chi connectivity index (χ0n) is 18.6. The van der Waals surface area contributed by atoms with Crippen LogP contribution in [0.25, 0.3) is 10.8 Å². The minimum Gasteiger partial charge on any atom is -0.494 e. The van der Waals surface area contributed by atoms with E-state index in [0.717, 1.165) is 40.7 Å². The number of pyridine rings is 1. The van der Waals surface area contributed by atoms with Crippen LogP contribution in [0.3, 0.4) is 0 Å². The van der Waals surface area contributed by atoms with Crippen molar-refractivity contribution >= 4 is 34.5 Å². The summed E-state index contributed by atoms with van der Waals surface area (Å²) in [5, 5.41) is 15.0. The summed E-state index contributed by atoms with van der Waals surface area (Å²) in [7, 11) is 1.44. The number of aryl methyl sites for hydroxylation is 1. The van der Waals surface area contributed by atoms with Crippen LogP contribution >= 0.6 is 12.0 Å². The maximum Gasteiger partial charge on any atom is 0.256 e. The second-order valence-corrected chi connectivity index (χ2v) is 8.87. The monoisotopic (exact) mass is 477 g/mol. The standard InChI is InChI=1S/C25H23N3O5S/c1-15-3-10-23(26-13-15)27-24(29)16-11-20-21(14-28(25(20)30)17-4-5-17)22(12-16)32-18-6-8-19(9-7-18)34-33-31-2/h3,6-14,17,30H,4-5H2,1-2H3,(H,26,27,29). The van der Waals surface area contributed by atoms with Gasteiger partial charge in [-0.15, -0.1) is 0 Å². The quantitative estimate of drug-likeness (QED) is 0.182. The van der Waals surface area contributed by atoms with E-state index in [2.05, 4.69) is 15.2 Å². The van der Waals surface area contributed by atoms with Crippen molar-refractivity contribution in [1.29, 1.82) is 0 Å². The molecule has 2 N–H and O–H groups in total. The third-order valence-corrected chi connectivity index (χ3v) is 6.17. The number of nitrogens with one attached hydrogen (secondary N) is 1. The van der Waals surface area contributed by atoms with Gasteiger partial charge < -0.3 is 19.7 Å². The third-order valence-electron chi connectivity index (χ3n) is 5.50. The van der Waals surface area contributed by atoms with Gasteiger partial charge in [0.15, 0.2) is 5.88 Å². The Morgan fingerprint density at radius 3 is 2.62 bits per heavy atom. The highest BCUT2D eigenvalue weighted by atomic mass is 32.2. The van der Waals surface area contributed by atoms with Crippen LogP contribution in [-0.2, 0) is 9.22 Å². The second-order valence-electron chi connectivity index (χ2n) is 8.09. The van der Waals surface area contributed by atoms with E-state index in [4.69, 9.17) is 9.07 Å². The fraction of sp³-hybridized carbons (Fsp3) is 0.200. The average Bonchev–Trinajstić information content (AvgIpc) is 3.63. The Labute approximate surface area is 200 Å². The predicted molar refractivity (Wildman–Crippen MR) is 129 cm³/mol. The molecule has 0 atom stereocenters. The first kappa shape index (κ1) is 22.3. The zero-order chi connectivity index (χ0) is 23.7. The van der Waals surface area contributed by atoms with E-state index in [1.807, 2.05) is 35.9 Å². The molecule has 2 aromatic heterocycles. The van der Waals surface area contributed by atoms with Crippen molar-refractivity contribution in [1.82, 2.24) is 9.55 Å². The summed E-state index contributed by atoms with van der Waals surface area (Å²) in [6, 6.07) is 14.5. The Balaban J connectivity index is 1.49. The van der Waals surface area contributed by atoms with Gasteiger partial charge in [-0.1, -0.05) is 6.07 Å². The van der Waals surface area contributed by atoms with E-state index in [0.29, 0.717) is 28.3 Å². The fourth-order valence-corrected chi connectivity index (χ4v) is 4.02. The highest BCUT2D eigenvalue weighted by Gasteiger charge is 2.28. The molecule has 0 radical (unpaired) electrons. The van der Waals surface area contributed by atoms with Crippen molar-refractivity contribution in [3.8, 4) is 17.4 Å². The Hall–Kier alpha value is -3.53. The van der Waals surface area contributed by atoms with E-state index < -0.39 is 0 Å². The molecule has 34 heavy (non-hydrogen) atoms. The number of benzene rings is 2. The van der Waals surface area contributed by atoms with Crippen molar-refractivity contribution in [2.75, 3.05) is 12.4 Å². The highest BCUT2D eigenvalue weighted by Crippen LogP contribution is 2.44. The van der Waals surface area contributed by atoms with Crippen LogP contribution in [-0.4, -0.2) is 27.7 Å². The predicted octanol–water partition coefficient (Wildman–Crippen LogP) is 6.01. The van der Waals surface area contributed by atoms with Gasteiger partial charge in [-0.25, -0.2) is 9.87 Å². The zero-order valence-corrected chi connectivity index (χ0v) is 19.5. The first-order chi connectivity index (χ1) is 16.5. The van der Waals surface area contributed by atoms with Crippen LogP contribution in [0.15, 0.2) is 65.8 Å². The molecule has 1 fully saturated rings. The van der Waals surface area contributed by atoms with Gasteiger partial charge in [0.1, 0.15) is 17.3 Å². The average molecular weight is 478 g/mol. The number of carbonyl (C=O) groups excluding carboxylic acids is 1. The lowest BCUT2D eigenvalue weighted by atomic mass is 10.1. The van der Waals surface area contributed by atoms with Crippen molar-refractivity contribution < 1.29 is 23.9 Å². The first-order valence-corrected chi connectivity index (χ1v) is 11.5. The molecule has 9 heteroatoms. The number of aromatic nitrogens is 2. The summed E-state index contributed by atoms with van der Waals surface area (Å²) >= 11 is 1.09. The van der Waals surface area contributed by atoms with Crippen molar-refractivity contribution in [3.05, 3.63) is 72.1 Å². The number of ether oxygens (including phenoxy) is 1. The van der Waals surface area contributed by atoms with Gasteiger partial charge in [-0.05, 0) is 67.8 Å². The van der Waals surface area contributed by atoms with Crippen LogP contribution in [0.2, 0.25) is 0 Å². The minimum absolute atomic E-state index is 0.133. The van der Waals surface area contributed by atoms with Gasteiger partial charge in [0.2, 0.25) is 0 Å². The van der Waals surface area contributed by atoms with Crippen LogP contribution in [0.4, 0.5) is 5.82 Å². The summed E-state index contributed by atoms with van der Waals surface area (Å²) in [5.74, 6) is 1.30. The van der Waals surface area contributed by atoms with E-state index in [-0.39, 0.29) is 17.8 Å². The van der Waals surface area contributed by atoms with Crippen LogP contribution < -0.4 is 10.1 Å². The van der Waals surface area contributed by atoms with Crippen LogP contribution in [0, 0.1) is 6.92 Å². The molecule has 1 aliphatic rings. The molecule has 8 nitrogen and oxygen atoms in total. The molecule has 1 amide bonds. The maximum absolute atomic E-state index is 13.0. The van der Waals surface area contributed by atoms with E-state index in [1.54, 1.807) is 36.5 Å². The Kier molecular flexibility index (Phi) is 6.14. The molecule has 0 spiro atoms. The molecule has 0 aliphatic heterocycles. The normalized spacial score (nSPS) is 13.2. The summed E-state index contributed by atoms with van der Waals surface area (Å²) in [4.78, 5) is 22.7. The molecular weight excluding hydrogens is 454 g/mol. The number of hydrogen-bond acceptors (Lipinski definition) is 7. The Morgan fingerprint density at radius 1 is 1.15 bits per heavy atom. The number of hydrogen-bond donors (Lipinski definition) is 2. The number of fused-ring (bicyclic) bond motifs is 1. The summed E-state index contributed by atoms with van der Waals surface area (Å²) < 4.78 is 12.9. The van der Waals surface area contributed by atoms with Gasteiger partial charge in [-0.3, -0.25) is 4.79 Å². The van der Waals surface area contributed by atoms with E-state index >= 15 is 0 Å².